The number of methoxy groups -OCH3 is 1. The quantitative estimate of drug-likeness (QED) is 0.510. The summed E-state index contributed by atoms with van der Waals surface area (Å²) in [6, 6.07) is 11.0. The Hall–Kier alpha value is -3.55. The molecule has 1 aliphatic rings. The molecular formula is C22H24N2O6. The Morgan fingerprint density at radius 2 is 1.87 bits per heavy atom. The number of nitrogens with zero attached hydrogens (tertiary/aromatic N) is 1. The molecular weight excluding hydrogens is 388 g/mol. The summed E-state index contributed by atoms with van der Waals surface area (Å²) in [6.45, 7) is 4.06. The van der Waals surface area contributed by atoms with E-state index in [9.17, 15) is 14.4 Å². The molecule has 0 bridgehead atoms. The first kappa shape index (κ1) is 21.2. The van der Waals surface area contributed by atoms with Gasteiger partial charge in [0.1, 0.15) is 17.0 Å². The van der Waals surface area contributed by atoms with Gasteiger partial charge in [-0.1, -0.05) is 6.07 Å². The standard InChI is InChI=1S/C22H24N2O6/c1-14-13-16(7-10-18(14)29-3)22(2)20(27)24(21(28)23-22)11-4-12-30-17-8-5-15(6-9-17)19(25)26/h5-10,13H,4,11-12H2,1-3H3,(H,23,28)(H,25,26). The summed E-state index contributed by atoms with van der Waals surface area (Å²) in [4.78, 5) is 37.5. The molecule has 3 rings (SSSR count). The van der Waals surface area contributed by atoms with E-state index in [0.717, 1.165) is 5.56 Å². The van der Waals surface area contributed by atoms with Crippen LogP contribution in [0.3, 0.4) is 0 Å². The van der Waals surface area contributed by atoms with E-state index in [0.29, 0.717) is 23.5 Å². The normalized spacial score (nSPS) is 18.3. The first-order valence-electron chi connectivity index (χ1n) is 9.51. The van der Waals surface area contributed by atoms with E-state index < -0.39 is 17.5 Å². The molecule has 0 aliphatic carbocycles. The second-order valence-corrected chi connectivity index (χ2v) is 7.23. The van der Waals surface area contributed by atoms with Crippen molar-refractivity contribution in [3.63, 3.8) is 0 Å². The number of aryl methyl sites for hydroxylation is 1. The van der Waals surface area contributed by atoms with Crippen LogP contribution < -0.4 is 14.8 Å². The number of hydrogen-bond donors (Lipinski definition) is 2. The van der Waals surface area contributed by atoms with E-state index in [1.165, 1.54) is 17.0 Å². The summed E-state index contributed by atoms with van der Waals surface area (Å²) in [7, 11) is 1.58. The summed E-state index contributed by atoms with van der Waals surface area (Å²) < 4.78 is 10.8. The van der Waals surface area contributed by atoms with Gasteiger partial charge in [0.15, 0.2) is 0 Å². The van der Waals surface area contributed by atoms with Crippen LogP contribution in [0.5, 0.6) is 11.5 Å². The Morgan fingerprint density at radius 1 is 1.17 bits per heavy atom. The summed E-state index contributed by atoms with van der Waals surface area (Å²) in [6.07, 6.45) is 0.442. The van der Waals surface area contributed by atoms with Gasteiger partial charge in [-0.15, -0.1) is 0 Å². The van der Waals surface area contributed by atoms with Crippen molar-refractivity contribution in [3.05, 3.63) is 59.2 Å². The van der Waals surface area contributed by atoms with Crippen molar-refractivity contribution in [3.8, 4) is 11.5 Å². The third-order valence-electron chi connectivity index (χ3n) is 5.14. The number of carboxylic acid groups (broad SMARTS) is 1. The fourth-order valence-corrected chi connectivity index (χ4v) is 3.39. The minimum atomic E-state index is -1.14. The van der Waals surface area contributed by atoms with Gasteiger partial charge in [0.05, 0.1) is 19.3 Å². The third-order valence-corrected chi connectivity index (χ3v) is 5.14. The number of amides is 3. The largest absolute Gasteiger partial charge is 0.496 e. The van der Waals surface area contributed by atoms with Crippen molar-refractivity contribution >= 4 is 17.9 Å². The maximum absolute atomic E-state index is 13.0. The number of benzene rings is 2. The van der Waals surface area contributed by atoms with Gasteiger partial charge in [-0.05, 0) is 67.8 Å². The fourth-order valence-electron chi connectivity index (χ4n) is 3.39. The molecule has 1 fully saturated rings. The Bertz CT molecular complexity index is 972. The second-order valence-electron chi connectivity index (χ2n) is 7.23. The van der Waals surface area contributed by atoms with E-state index in [1.54, 1.807) is 38.3 Å². The number of carbonyl (C=O) groups is 3. The van der Waals surface area contributed by atoms with Gasteiger partial charge >= 0.3 is 12.0 Å². The lowest BCUT2D eigenvalue weighted by molar-refractivity contribution is -0.131. The van der Waals surface area contributed by atoms with Gasteiger partial charge in [-0.25, -0.2) is 9.59 Å². The number of urea groups is 1. The van der Waals surface area contributed by atoms with E-state index in [1.807, 2.05) is 13.0 Å². The van der Waals surface area contributed by atoms with Crippen LogP contribution in [-0.4, -0.2) is 48.2 Å². The Kier molecular flexibility index (Phi) is 5.96. The van der Waals surface area contributed by atoms with Crippen molar-refractivity contribution in [2.45, 2.75) is 25.8 Å². The number of ether oxygens (including phenoxy) is 2. The Labute approximate surface area is 174 Å². The van der Waals surface area contributed by atoms with E-state index in [4.69, 9.17) is 14.6 Å². The highest BCUT2D eigenvalue weighted by Gasteiger charge is 2.48. The maximum Gasteiger partial charge on any atom is 0.335 e. The van der Waals surface area contributed by atoms with E-state index in [-0.39, 0.29) is 24.6 Å². The molecule has 8 heteroatoms. The van der Waals surface area contributed by atoms with Crippen molar-refractivity contribution in [1.82, 2.24) is 10.2 Å². The van der Waals surface area contributed by atoms with Gasteiger partial charge in [0.25, 0.3) is 5.91 Å². The maximum atomic E-state index is 13.0. The number of carboxylic acids is 1. The van der Waals surface area contributed by atoms with Gasteiger partial charge in [-0.3, -0.25) is 9.69 Å². The van der Waals surface area contributed by atoms with Crippen LogP contribution in [0.15, 0.2) is 42.5 Å². The number of aromatic carboxylic acids is 1. The second kappa shape index (κ2) is 8.44. The zero-order valence-electron chi connectivity index (χ0n) is 17.1. The lowest BCUT2D eigenvalue weighted by Gasteiger charge is -2.23. The summed E-state index contributed by atoms with van der Waals surface area (Å²) >= 11 is 0. The molecule has 2 N–H and O–H groups in total. The summed E-state index contributed by atoms with van der Waals surface area (Å²) in [5.74, 6) is -0.0849. The third kappa shape index (κ3) is 4.07. The number of hydrogen-bond acceptors (Lipinski definition) is 5. The molecule has 1 heterocycles. The van der Waals surface area contributed by atoms with Crippen LogP contribution in [0.1, 0.15) is 34.8 Å². The minimum Gasteiger partial charge on any atom is -0.496 e. The first-order valence-corrected chi connectivity index (χ1v) is 9.51. The predicted octanol–water partition coefficient (Wildman–Crippen LogP) is 2.94. The van der Waals surface area contributed by atoms with Gasteiger partial charge in [-0.2, -0.15) is 0 Å². The summed E-state index contributed by atoms with van der Waals surface area (Å²) in [5, 5.41) is 11.7. The average Bonchev–Trinajstić information content (AvgIpc) is 2.95. The lowest BCUT2D eigenvalue weighted by Crippen LogP contribution is -2.41. The predicted molar refractivity (Wildman–Crippen MR) is 109 cm³/mol. The summed E-state index contributed by atoms with van der Waals surface area (Å²) in [5.41, 5.74) is 0.604. The molecule has 158 valence electrons. The Morgan fingerprint density at radius 3 is 2.47 bits per heavy atom. The highest BCUT2D eigenvalue weighted by atomic mass is 16.5. The van der Waals surface area contributed by atoms with Crippen molar-refractivity contribution < 1.29 is 29.0 Å². The molecule has 0 spiro atoms. The molecule has 2 aromatic carbocycles. The van der Waals surface area contributed by atoms with Crippen LogP contribution >= 0.6 is 0 Å². The molecule has 1 unspecified atom stereocenters. The minimum absolute atomic E-state index is 0.176. The average molecular weight is 412 g/mol. The molecule has 2 aromatic rings. The van der Waals surface area contributed by atoms with Gasteiger partial charge in [0, 0.05) is 6.54 Å². The van der Waals surface area contributed by atoms with Crippen LogP contribution in [0.2, 0.25) is 0 Å². The number of imide groups is 1. The van der Waals surface area contributed by atoms with E-state index in [2.05, 4.69) is 5.32 Å². The molecule has 8 nitrogen and oxygen atoms in total. The zero-order chi connectivity index (χ0) is 21.9. The molecule has 0 radical (unpaired) electrons. The number of rotatable bonds is 8. The highest BCUT2D eigenvalue weighted by Crippen LogP contribution is 2.31. The van der Waals surface area contributed by atoms with Gasteiger partial charge < -0.3 is 19.9 Å². The van der Waals surface area contributed by atoms with Crippen molar-refractivity contribution in [1.29, 1.82) is 0 Å². The highest BCUT2D eigenvalue weighted by molar-refractivity contribution is 6.07. The van der Waals surface area contributed by atoms with Crippen LogP contribution in [0.4, 0.5) is 4.79 Å². The molecule has 0 aromatic heterocycles. The van der Waals surface area contributed by atoms with Gasteiger partial charge in [0.2, 0.25) is 0 Å². The number of nitrogens with one attached hydrogen (secondary N) is 1. The first-order chi connectivity index (χ1) is 14.3. The van der Waals surface area contributed by atoms with Crippen LogP contribution in [-0.2, 0) is 10.3 Å². The molecule has 1 saturated heterocycles. The zero-order valence-corrected chi connectivity index (χ0v) is 17.1. The van der Waals surface area contributed by atoms with Crippen molar-refractivity contribution in [2.24, 2.45) is 0 Å². The molecule has 1 aliphatic heterocycles. The lowest BCUT2D eigenvalue weighted by atomic mass is 9.90. The molecule has 3 amide bonds. The number of carbonyl (C=O) groups excluding carboxylic acids is 2. The SMILES string of the molecule is COc1ccc(C2(C)NC(=O)N(CCCOc3ccc(C(=O)O)cc3)C2=O)cc1C. The smallest absolute Gasteiger partial charge is 0.335 e. The van der Waals surface area contributed by atoms with Crippen molar-refractivity contribution in [2.75, 3.05) is 20.3 Å². The topological polar surface area (TPSA) is 105 Å². The monoisotopic (exact) mass is 412 g/mol. The molecule has 0 saturated carbocycles. The molecule has 1 atom stereocenters. The fraction of sp³-hybridized carbons (Fsp3) is 0.318. The van der Waals surface area contributed by atoms with E-state index >= 15 is 0 Å². The van der Waals surface area contributed by atoms with Crippen LogP contribution in [0, 0.1) is 6.92 Å². The Balaban J connectivity index is 1.59. The molecule has 30 heavy (non-hydrogen) atoms. The van der Waals surface area contributed by atoms with Crippen LogP contribution in [0.25, 0.3) is 0 Å².